The lowest BCUT2D eigenvalue weighted by Gasteiger charge is -2.26. The predicted octanol–water partition coefficient (Wildman–Crippen LogP) is 3.70. The Morgan fingerprint density at radius 1 is 1.12 bits per heavy atom. The highest BCUT2D eigenvalue weighted by atomic mass is 16.6. The van der Waals surface area contributed by atoms with Crippen molar-refractivity contribution in [2.24, 2.45) is 4.99 Å². The van der Waals surface area contributed by atoms with Gasteiger partial charge in [-0.25, -0.2) is 4.99 Å². The molecule has 0 bridgehead atoms. The van der Waals surface area contributed by atoms with Crippen LogP contribution in [0.5, 0.6) is 5.75 Å². The van der Waals surface area contributed by atoms with E-state index in [9.17, 15) is 10.2 Å². The molecular formula is C25H28N4O4. The average molecular weight is 449 g/mol. The molecule has 1 fully saturated rings. The summed E-state index contributed by atoms with van der Waals surface area (Å²) in [6.45, 7) is 4.87. The van der Waals surface area contributed by atoms with Crippen LogP contribution in [0.3, 0.4) is 0 Å². The Labute approximate surface area is 192 Å². The molecule has 0 amide bonds. The van der Waals surface area contributed by atoms with Gasteiger partial charge in [-0.2, -0.15) is 0 Å². The number of nitrogens with zero attached hydrogens (tertiary/aromatic N) is 3. The first-order valence-electron chi connectivity index (χ1n) is 11.2. The number of hydrazine groups is 1. The van der Waals surface area contributed by atoms with Gasteiger partial charge in [-0.3, -0.25) is 10.4 Å². The van der Waals surface area contributed by atoms with Crippen molar-refractivity contribution in [2.75, 3.05) is 12.0 Å². The summed E-state index contributed by atoms with van der Waals surface area (Å²) < 4.78 is 13.3. The summed E-state index contributed by atoms with van der Waals surface area (Å²) >= 11 is 0. The van der Waals surface area contributed by atoms with Crippen molar-refractivity contribution in [3.63, 3.8) is 0 Å². The van der Waals surface area contributed by atoms with E-state index in [1.807, 2.05) is 77.3 Å². The second-order valence-corrected chi connectivity index (χ2v) is 8.28. The fraction of sp³-hybridized carbons (Fsp3) is 0.320. The number of ether oxygens (including phenoxy) is 2. The first-order valence-corrected chi connectivity index (χ1v) is 11.2. The van der Waals surface area contributed by atoms with E-state index in [4.69, 9.17) is 14.5 Å². The molecule has 0 radical (unpaired) electrons. The number of aromatic nitrogens is 1. The molecule has 3 heterocycles. The summed E-state index contributed by atoms with van der Waals surface area (Å²) in [5, 5.41) is 22.7. The number of hydrogen-bond acceptors (Lipinski definition) is 7. The Morgan fingerprint density at radius 3 is 2.67 bits per heavy atom. The molecule has 3 aromatic rings. The van der Waals surface area contributed by atoms with Gasteiger partial charge in [-0.05, 0) is 31.5 Å². The fourth-order valence-electron chi connectivity index (χ4n) is 4.36. The normalized spacial score (nSPS) is 24.1. The Balaban J connectivity index is 1.48. The van der Waals surface area contributed by atoms with Gasteiger partial charge in [-0.15, -0.1) is 0 Å². The molecule has 5 rings (SSSR count). The molecular weight excluding hydrogens is 420 g/mol. The van der Waals surface area contributed by atoms with Gasteiger partial charge in [0.25, 0.3) is 0 Å². The molecule has 8 nitrogen and oxygen atoms in total. The third-order valence-corrected chi connectivity index (χ3v) is 6.01. The first kappa shape index (κ1) is 21.5. The van der Waals surface area contributed by atoms with Gasteiger partial charge >= 0.3 is 0 Å². The highest BCUT2D eigenvalue weighted by Gasteiger charge is 2.42. The van der Waals surface area contributed by atoms with Gasteiger partial charge in [0.2, 0.25) is 0 Å². The Bertz CT molecular complexity index is 1150. The molecule has 0 unspecified atom stereocenters. The van der Waals surface area contributed by atoms with Crippen LogP contribution in [0.2, 0.25) is 0 Å². The van der Waals surface area contributed by atoms with Gasteiger partial charge in [0, 0.05) is 23.4 Å². The van der Waals surface area contributed by atoms with Crippen LogP contribution in [-0.4, -0.2) is 51.0 Å². The van der Waals surface area contributed by atoms with E-state index in [1.54, 1.807) is 13.3 Å². The zero-order valence-corrected chi connectivity index (χ0v) is 18.6. The van der Waals surface area contributed by atoms with Crippen molar-refractivity contribution in [1.82, 2.24) is 9.58 Å². The van der Waals surface area contributed by atoms with E-state index in [0.29, 0.717) is 19.0 Å². The average Bonchev–Trinajstić information content (AvgIpc) is 3.32. The summed E-state index contributed by atoms with van der Waals surface area (Å²) in [6.07, 6.45) is 0.522. The van der Waals surface area contributed by atoms with E-state index in [0.717, 1.165) is 28.1 Å². The number of anilines is 1. The topological polar surface area (TPSA) is 91.5 Å². The minimum Gasteiger partial charge on any atom is -0.494 e. The van der Waals surface area contributed by atoms with Crippen LogP contribution in [0.4, 0.5) is 11.5 Å². The lowest BCUT2D eigenvalue weighted by atomic mass is 10.0. The maximum Gasteiger partial charge on any atom is 0.164 e. The summed E-state index contributed by atoms with van der Waals surface area (Å²) in [5.41, 5.74) is 7.32. The van der Waals surface area contributed by atoms with Gasteiger partial charge in [0.1, 0.15) is 30.1 Å². The third kappa shape index (κ3) is 4.08. The van der Waals surface area contributed by atoms with Gasteiger partial charge in [-0.1, -0.05) is 36.4 Å². The zero-order valence-electron chi connectivity index (χ0n) is 18.6. The molecule has 4 atom stereocenters. The quantitative estimate of drug-likeness (QED) is 0.533. The predicted molar refractivity (Wildman–Crippen MR) is 126 cm³/mol. The van der Waals surface area contributed by atoms with Crippen molar-refractivity contribution >= 4 is 17.8 Å². The summed E-state index contributed by atoms with van der Waals surface area (Å²) in [5.74, 6) is 1.51. The minimum atomic E-state index is -1.03. The number of hydrogen-bond donors (Lipinski definition) is 3. The molecule has 1 aromatic heterocycles. The van der Waals surface area contributed by atoms with Crippen molar-refractivity contribution in [2.45, 2.75) is 44.9 Å². The first-order chi connectivity index (χ1) is 16.0. The number of aliphatic hydroxyl groups is 2. The van der Waals surface area contributed by atoms with Crippen LogP contribution in [0.1, 0.15) is 25.6 Å². The maximum absolute atomic E-state index is 10.6. The van der Waals surface area contributed by atoms with Crippen molar-refractivity contribution < 1.29 is 19.7 Å². The molecule has 3 N–H and O–H groups in total. The molecule has 1 saturated heterocycles. The van der Waals surface area contributed by atoms with E-state index in [-0.39, 0.29) is 0 Å². The molecule has 172 valence electrons. The monoisotopic (exact) mass is 448 g/mol. The molecule has 2 aliphatic heterocycles. The number of rotatable bonds is 6. The lowest BCUT2D eigenvalue weighted by molar-refractivity contribution is -0.0308. The third-order valence-electron chi connectivity index (χ3n) is 6.01. The van der Waals surface area contributed by atoms with Crippen LogP contribution >= 0.6 is 0 Å². The van der Waals surface area contributed by atoms with Crippen LogP contribution in [0.15, 0.2) is 65.8 Å². The van der Waals surface area contributed by atoms with Gasteiger partial charge in [0.15, 0.2) is 6.23 Å². The van der Waals surface area contributed by atoms with Crippen LogP contribution in [0.25, 0.3) is 11.1 Å². The summed E-state index contributed by atoms with van der Waals surface area (Å²) in [4.78, 5) is 4.70. The van der Waals surface area contributed by atoms with Crippen molar-refractivity contribution in [3.05, 3.63) is 66.4 Å². The van der Waals surface area contributed by atoms with Crippen LogP contribution in [0, 0.1) is 0 Å². The zero-order chi connectivity index (χ0) is 22.9. The number of nitrogens with one attached hydrogen (secondary N) is 1. The highest BCUT2D eigenvalue weighted by Crippen LogP contribution is 2.41. The Hall–Kier alpha value is -3.33. The van der Waals surface area contributed by atoms with Crippen LogP contribution < -0.4 is 10.2 Å². The van der Waals surface area contributed by atoms with Gasteiger partial charge in [0.05, 0.1) is 24.9 Å². The molecule has 2 aromatic carbocycles. The van der Waals surface area contributed by atoms with Crippen molar-refractivity contribution in [1.29, 1.82) is 0 Å². The molecule has 33 heavy (non-hydrogen) atoms. The number of aliphatic hydroxyl groups excluding tert-OH is 2. The van der Waals surface area contributed by atoms with Crippen molar-refractivity contribution in [3.8, 4) is 16.9 Å². The molecule has 0 spiro atoms. The van der Waals surface area contributed by atoms with E-state index in [1.165, 1.54) is 0 Å². The number of fused-ring (bicyclic) bond motifs is 1. The molecule has 0 aliphatic carbocycles. The largest absolute Gasteiger partial charge is 0.494 e. The summed E-state index contributed by atoms with van der Waals surface area (Å²) in [6, 6.07) is 17.8. The Kier molecular flexibility index (Phi) is 5.80. The fourth-order valence-corrected chi connectivity index (χ4v) is 4.36. The number of aliphatic imine (C=N–C) groups is 1. The Morgan fingerprint density at radius 2 is 1.94 bits per heavy atom. The molecule has 2 aliphatic rings. The van der Waals surface area contributed by atoms with E-state index in [2.05, 4.69) is 5.43 Å². The SMILES string of the molecule is CCOc1cccc(NN2C=Nc3c(c(-c4ccccc4)cn3[C@@H]3O[C@H](C)[C@@H](O)[C@H]3O)C2)c1. The molecule has 0 saturated carbocycles. The minimum absolute atomic E-state index is 0.466. The highest BCUT2D eigenvalue weighted by molar-refractivity contribution is 5.77. The molecule has 8 heteroatoms. The second-order valence-electron chi connectivity index (χ2n) is 8.28. The second kappa shape index (κ2) is 8.90. The van der Waals surface area contributed by atoms with Crippen LogP contribution in [-0.2, 0) is 11.3 Å². The maximum atomic E-state index is 10.6. The van der Waals surface area contributed by atoms with E-state index < -0.39 is 24.5 Å². The smallest absolute Gasteiger partial charge is 0.164 e. The summed E-state index contributed by atoms with van der Waals surface area (Å²) in [7, 11) is 0. The lowest BCUT2D eigenvalue weighted by Crippen LogP contribution is -2.31. The van der Waals surface area contributed by atoms with E-state index >= 15 is 0 Å². The standard InChI is InChI=1S/C25H28N4O4/c1-3-32-19-11-7-10-18(12-19)27-28-13-21-20(17-8-5-4-6-9-17)14-29(24(21)26-15-28)25-23(31)22(30)16(2)33-25/h4-12,14-16,22-23,25,27,30-31H,3,13H2,1-2H3/t16-,22-,23-,25-/m1/s1. The van der Waals surface area contributed by atoms with Gasteiger partial charge < -0.3 is 24.3 Å². The number of benzene rings is 2.